The van der Waals surface area contributed by atoms with Crippen LogP contribution in [0.1, 0.15) is 15.9 Å². The number of rotatable bonds is 3. The first-order chi connectivity index (χ1) is 8.16. The van der Waals surface area contributed by atoms with Gasteiger partial charge >= 0.3 is 0 Å². The predicted molar refractivity (Wildman–Crippen MR) is 65.8 cm³/mol. The molecule has 1 aromatic heterocycles. The second kappa shape index (κ2) is 5.01. The fourth-order valence-electron chi connectivity index (χ4n) is 1.52. The highest BCUT2D eigenvalue weighted by molar-refractivity contribution is 6.30. The molecule has 0 aliphatic rings. The van der Waals surface area contributed by atoms with Gasteiger partial charge in [0.15, 0.2) is 0 Å². The molecule has 4 nitrogen and oxygen atoms in total. The first-order valence-electron chi connectivity index (χ1n) is 5.15. The summed E-state index contributed by atoms with van der Waals surface area (Å²) in [6.45, 7) is 0.526. The third-order valence-corrected chi connectivity index (χ3v) is 2.66. The van der Waals surface area contributed by atoms with Gasteiger partial charge in [0.1, 0.15) is 0 Å². The number of halogens is 1. The molecule has 17 heavy (non-hydrogen) atoms. The number of hydrogen-bond donors (Lipinski definition) is 1. The summed E-state index contributed by atoms with van der Waals surface area (Å²) in [6, 6.07) is 6.86. The van der Waals surface area contributed by atoms with Crippen molar-refractivity contribution >= 4 is 17.5 Å². The molecule has 0 saturated carbocycles. The molecule has 1 amide bonds. The van der Waals surface area contributed by atoms with E-state index in [9.17, 15) is 4.79 Å². The Hall–Kier alpha value is -1.81. The number of nitrogens with zero attached hydrogens (tertiary/aromatic N) is 2. The molecule has 2 rings (SSSR count). The van der Waals surface area contributed by atoms with Gasteiger partial charge in [-0.05, 0) is 24.3 Å². The van der Waals surface area contributed by atoms with Gasteiger partial charge in [-0.15, -0.1) is 0 Å². The Kier molecular flexibility index (Phi) is 3.44. The maximum Gasteiger partial charge on any atom is 0.253 e. The molecule has 0 bridgehead atoms. The van der Waals surface area contributed by atoms with Gasteiger partial charge in [0.2, 0.25) is 0 Å². The zero-order valence-corrected chi connectivity index (χ0v) is 10.1. The Labute approximate surface area is 104 Å². The van der Waals surface area contributed by atoms with Crippen LogP contribution in [-0.4, -0.2) is 28.1 Å². The second-order valence-corrected chi connectivity index (χ2v) is 4.21. The molecule has 0 spiro atoms. The Morgan fingerprint density at radius 2 is 2.12 bits per heavy atom. The second-order valence-electron chi connectivity index (χ2n) is 3.77. The molecule has 0 aliphatic carbocycles. The Bertz CT molecular complexity index is 493. The molecule has 1 N–H and O–H groups in total. The molecule has 88 valence electrons. The average molecular weight is 250 g/mol. The van der Waals surface area contributed by atoms with Gasteiger partial charge in [0.25, 0.3) is 5.91 Å². The highest BCUT2D eigenvalue weighted by Gasteiger charge is 2.11. The third-order valence-electron chi connectivity index (χ3n) is 2.41. The maximum absolute atomic E-state index is 12.0. The number of nitrogens with one attached hydrogen (secondary N) is 1. The topological polar surface area (TPSA) is 49.0 Å². The lowest BCUT2D eigenvalue weighted by atomic mass is 10.2. The van der Waals surface area contributed by atoms with Crippen LogP contribution in [-0.2, 0) is 6.54 Å². The molecule has 0 fully saturated rings. The number of carbonyl (C=O) groups is 1. The van der Waals surface area contributed by atoms with E-state index in [1.165, 1.54) is 0 Å². The van der Waals surface area contributed by atoms with Gasteiger partial charge in [-0.1, -0.05) is 11.6 Å². The van der Waals surface area contributed by atoms with Crippen molar-refractivity contribution in [3.63, 3.8) is 0 Å². The van der Waals surface area contributed by atoms with Gasteiger partial charge in [0, 0.05) is 35.9 Å². The SMILES string of the molecule is CN(Cc1cn[nH]c1)C(=O)c1ccc(Cl)cc1. The van der Waals surface area contributed by atoms with Crippen LogP contribution in [0.15, 0.2) is 36.7 Å². The average Bonchev–Trinajstić information content (AvgIpc) is 2.82. The summed E-state index contributed by atoms with van der Waals surface area (Å²) in [5.41, 5.74) is 1.59. The van der Waals surface area contributed by atoms with E-state index in [2.05, 4.69) is 10.2 Å². The fourth-order valence-corrected chi connectivity index (χ4v) is 1.65. The van der Waals surface area contributed by atoms with Crippen LogP contribution in [0.25, 0.3) is 0 Å². The van der Waals surface area contributed by atoms with Crippen molar-refractivity contribution < 1.29 is 4.79 Å². The van der Waals surface area contributed by atoms with Crippen molar-refractivity contribution in [2.24, 2.45) is 0 Å². The maximum atomic E-state index is 12.0. The third kappa shape index (κ3) is 2.85. The Morgan fingerprint density at radius 3 is 2.71 bits per heavy atom. The molecule has 0 atom stereocenters. The lowest BCUT2D eigenvalue weighted by Crippen LogP contribution is -2.25. The van der Waals surface area contributed by atoms with E-state index in [1.54, 1.807) is 48.6 Å². The zero-order chi connectivity index (χ0) is 12.3. The van der Waals surface area contributed by atoms with Crippen molar-refractivity contribution in [1.82, 2.24) is 15.1 Å². The minimum Gasteiger partial charge on any atom is -0.337 e. The molecule has 5 heteroatoms. The van der Waals surface area contributed by atoms with E-state index in [0.29, 0.717) is 17.1 Å². The van der Waals surface area contributed by atoms with Crippen LogP contribution in [0.2, 0.25) is 5.02 Å². The van der Waals surface area contributed by atoms with Crippen LogP contribution in [0.3, 0.4) is 0 Å². The normalized spacial score (nSPS) is 10.2. The zero-order valence-electron chi connectivity index (χ0n) is 9.35. The number of carbonyl (C=O) groups excluding carboxylic acids is 1. The lowest BCUT2D eigenvalue weighted by Gasteiger charge is -2.16. The molecule has 0 aliphatic heterocycles. The summed E-state index contributed by atoms with van der Waals surface area (Å²) in [7, 11) is 1.75. The largest absolute Gasteiger partial charge is 0.337 e. The smallest absolute Gasteiger partial charge is 0.253 e. The van der Waals surface area contributed by atoms with Crippen molar-refractivity contribution in [1.29, 1.82) is 0 Å². The van der Waals surface area contributed by atoms with Crippen molar-refractivity contribution in [2.75, 3.05) is 7.05 Å². The first-order valence-corrected chi connectivity index (χ1v) is 5.53. The van der Waals surface area contributed by atoms with Crippen molar-refractivity contribution in [3.8, 4) is 0 Å². The quantitative estimate of drug-likeness (QED) is 0.908. The van der Waals surface area contributed by atoms with E-state index >= 15 is 0 Å². The van der Waals surface area contributed by atoms with E-state index in [0.717, 1.165) is 5.56 Å². The lowest BCUT2D eigenvalue weighted by molar-refractivity contribution is 0.0785. The molecule has 0 unspecified atom stereocenters. The standard InChI is InChI=1S/C12H12ClN3O/c1-16(8-9-6-14-15-7-9)12(17)10-2-4-11(13)5-3-10/h2-7H,8H2,1H3,(H,14,15). The fraction of sp³-hybridized carbons (Fsp3) is 0.167. The van der Waals surface area contributed by atoms with Gasteiger partial charge in [-0.3, -0.25) is 9.89 Å². The van der Waals surface area contributed by atoms with Gasteiger partial charge in [-0.2, -0.15) is 5.10 Å². The molecule has 2 aromatic rings. The number of H-pyrrole nitrogens is 1. The summed E-state index contributed by atoms with van der Waals surface area (Å²) < 4.78 is 0. The number of aromatic nitrogens is 2. The first kappa shape index (κ1) is 11.7. The summed E-state index contributed by atoms with van der Waals surface area (Å²) in [5, 5.41) is 7.18. The van der Waals surface area contributed by atoms with Crippen LogP contribution < -0.4 is 0 Å². The van der Waals surface area contributed by atoms with Crippen molar-refractivity contribution in [3.05, 3.63) is 52.8 Å². The van der Waals surface area contributed by atoms with Gasteiger partial charge in [0.05, 0.1) is 6.20 Å². The Balaban J connectivity index is 2.07. The van der Waals surface area contributed by atoms with Crippen LogP contribution in [0, 0.1) is 0 Å². The highest BCUT2D eigenvalue weighted by Crippen LogP contribution is 2.12. The van der Waals surface area contributed by atoms with Crippen LogP contribution in [0.4, 0.5) is 0 Å². The summed E-state index contributed by atoms with van der Waals surface area (Å²) in [5.74, 6) is -0.0390. The number of benzene rings is 1. The van der Waals surface area contributed by atoms with Gasteiger partial charge in [-0.25, -0.2) is 0 Å². The Morgan fingerprint density at radius 1 is 1.41 bits per heavy atom. The van der Waals surface area contributed by atoms with Gasteiger partial charge < -0.3 is 4.90 Å². The highest BCUT2D eigenvalue weighted by atomic mass is 35.5. The minimum atomic E-state index is -0.0390. The predicted octanol–water partition coefficient (Wildman–Crippen LogP) is 2.34. The van der Waals surface area contributed by atoms with E-state index in [-0.39, 0.29) is 5.91 Å². The van der Waals surface area contributed by atoms with E-state index in [1.807, 2.05) is 0 Å². The van der Waals surface area contributed by atoms with Crippen LogP contribution in [0.5, 0.6) is 0 Å². The number of amides is 1. The molecular formula is C12H12ClN3O. The monoisotopic (exact) mass is 249 g/mol. The number of aromatic amines is 1. The van der Waals surface area contributed by atoms with Crippen LogP contribution >= 0.6 is 11.6 Å². The van der Waals surface area contributed by atoms with Crippen molar-refractivity contribution in [2.45, 2.75) is 6.54 Å². The summed E-state index contributed by atoms with van der Waals surface area (Å²) in [6.07, 6.45) is 3.47. The molecular weight excluding hydrogens is 238 g/mol. The summed E-state index contributed by atoms with van der Waals surface area (Å²) in [4.78, 5) is 13.7. The minimum absolute atomic E-state index is 0.0390. The molecule has 1 heterocycles. The van der Waals surface area contributed by atoms with E-state index in [4.69, 9.17) is 11.6 Å². The summed E-state index contributed by atoms with van der Waals surface area (Å²) >= 11 is 5.77. The number of hydrogen-bond acceptors (Lipinski definition) is 2. The molecule has 1 aromatic carbocycles. The van der Waals surface area contributed by atoms with E-state index < -0.39 is 0 Å². The molecule has 0 saturated heterocycles. The molecule has 0 radical (unpaired) electrons.